The highest BCUT2D eigenvalue weighted by molar-refractivity contribution is 4.93. The van der Waals surface area contributed by atoms with Crippen molar-refractivity contribution in [3.8, 4) is 0 Å². The fourth-order valence-electron chi connectivity index (χ4n) is 1.62. The zero-order valence-corrected chi connectivity index (χ0v) is 7.40. The van der Waals surface area contributed by atoms with Crippen LogP contribution in [0.4, 0.5) is 0 Å². The molecule has 2 rings (SSSR count). The van der Waals surface area contributed by atoms with Gasteiger partial charge in [0.1, 0.15) is 0 Å². The Morgan fingerprint density at radius 1 is 1.42 bits per heavy atom. The van der Waals surface area contributed by atoms with Gasteiger partial charge in [0.15, 0.2) is 0 Å². The highest BCUT2D eigenvalue weighted by atomic mass is 15.4. The Bertz CT molecular complexity index is 249. The lowest BCUT2D eigenvalue weighted by Gasteiger charge is -2.13. The topological polar surface area (TPSA) is 34.0 Å². The predicted octanol–water partition coefficient (Wildman–Crippen LogP) is 0.411. The van der Waals surface area contributed by atoms with Crippen LogP contribution >= 0.6 is 0 Å². The molecule has 0 spiro atoms. The monoisotopic (exact) mass is 166 g/mol. The van der Waals surface area contributed by atoms with Gasteiger partial charge in [-0.15, -0.1) is 5.10 Å². The van der Waals surface area contributed by atoms with Gasteiger partial charge in [0.25, 0.3) is 0 Å². The Morgan fingerprint density at radius 2 is 2.17 bits per heavy atom. The second kappa shape index (κ2) is 3.23. The van der Waals surface area contributed by atoms with Crippen LogP contribution in [-0.2, 0) is 13.6 Å². The zero-order valence-electron chi connectivity index (χ0n) is 7.40. The number of likely N-dealkylation sites (tertiary alicyclic amines) is 1. The molecule has 0 radical (unpaired) electrons. The SMILES string of the molecule is Cn1nncc1CN1CCCC1. The molecular formula is C8H14N4. The van der Waals surface area contributed by atoms with E-state index in [0.29, 0.717) is 0 Å². The van der Waals surface area contributed by atoms with Crippen molar-refractivity contribution in [3.05, 3.63) is 11.9 Å². The maximum Gasteiger partial charge on any atom is 0.0738 e. The summed E-state index contributed by atoms with van der Waals surface area (Å²) in [7, 11) is 1.94. The summed E-state index contributed by atoms with van der Waals surface area (Å²) in [5.41, 5.74) is 1.21. The minimum absolute atomic E-state index is 1.00. The second-order valence-electron chi connectivity index (χ2n) is 3.33. The molecule has 1 aromatic heterocycles. The first-order valence-corrected chi connectivity index (χ1v) is 4.42. The molecule has 0 unspecified atom stereocenters. The third-order valence-corrected chi connectivity index (χ3v) is 2.39. The van der Waals surface area contributed by atoms with Crippen LogP contribution in [0.15, 0.2) is 6.20 Å². The third-order valence-electron chi connectivity index (χ3n) is 2.39. The minimum Gasteiger partial charge on any atom is -0.297 e. The van der Waals surface area contributed by atoms with Crippen molar-refractivity contribution in [2.24, 2.45) is 7.05 Å². The minimum atomic E-state index is 1.00. The summed E-state index contributed by atoms with van der Waals surface area (Å²) in [6.45, 7) is 3.46. The molecule has 2 heterocycles. The number of hydrogen-bond acceptors (Lipinski definition) is 3. The van der Waals surface area contributed by atoms with E-state index in [1.165, 1.54) is 31.6 Å². The number of rotatable bonds is 2. The quantitative estimate of drug-likeness (QED) is 0.638. The predicted molar refractivity (Wildman–Crippen MR) is 45.5 cm³/mol. The molecule has 0 amide bonds. The Morgan fingerprint density at radius 3 is 2.75 bits per heavy atom. The van der Waals surface area contributed by atoms with Crippen molar-refractivity contribution in [1.82, 2.24) is 19.9 Å². The summed E-state index contributed by atoms with van der Waals surface area (Å²) < 4.78 is 1.85. The first kappa shape index (κ1) is 7.73. The van der Waals surface area contributed by atoms with E-state index < -0.39 is 0 Å². The van der Waals surface area contributed by atoms with Gasteiger partial charge < -0.3 is 0 Å². The van der Waals surface area contributed by atoms with Crippen LogP contribution in [0.3, 0.4) is 0 Å². The van der Waals surface area contributed by atoms with Crippen molar-refractivity contribution in [2.45, 2.75) is 19.4 Å². The highest BCUT2D eigenvalue weighted by Gasteiger charge is 2.13. The molecule has 0 bridgehead atoms. The lowest BCUT2D eigenvalue weighted by atomic mass is 10.4. The molecule has 12 heavy (non-hydrogen) atoms. The largest absolute Gasteiger partial charge is 0.297 e. The van der Waals surface area contributed by atoms with Gasteiger partial charge in [-0.3, -0.25) is 9.58 Å². The zero-order chi connectivity index (χ0) is 8.39. The lowest BCUT2D eigenvalue weighted by Crippen LogP contribution is -2.20. The molecule has 1 aromatic rings. The maximum absolute atomic E-state index is 3.90. The van der Waals surface area contributed by atoms with E-state index in [9.17, 15) is 0 Å². The van der Waals surface area contributed by atoms with E-state index >= 15 is 0 Å². The molecule has 1 saturated heterocycles. The molecule has 0 aliphatic carbocycles. The van der Waals surface area contributed by atoms with E-state index in [-0.39, 0.29) is 0 Å². The summed E-state index contributed by atoms with van der Waals surface area (Å²) in [6, 6.07) is 0. The lowest BCUT2D eigenvalue weighted by molar-refractivity contribution is 0.321. The number of aromatic nitrogens is 3. The van der Waals surface area contributed by atoms with Crippen molar-refractivity contribution >= 4 is 0 Å². The summed E-state index contributed by atoms with van der Waals surface area (Å²) in [4.78, 5) is 2.44. The maximum atomic E-state index is 3.90. The van der Waals surface area contributed by atoms with Crippen molar-refractivity contribution in [1.29, 1.82) is 0 Å². The van der Waals surface area contributed by atoms with E-state index in [1.807, 2.05) is 17.9 Å². The van der Waals surface area contributed by atoms with Crippen LogP contribution in [0, 0.1) is 0 Å². The summed E-state index contributed by atoms with van der Waals surface area (Å²) in [5.74, 6) is 0. The summed E-state index contributed by atoms with van der Waals surface area (Å²) >= 11 is 0. The second-order valence-corrected chi connectivity index (χ2v) is 3.33. The number of nitrogens with zero attached hydrogens (tertiary/aromatic N) is 4. The Kier molecular flexibility index (Phi) is 2.08. The van der Waals surface area contributed by atoms with Crippen LogP contribution in [-0.4, -0.2) is 33.0 Å². The molecule has 66 valence electrons. The smallest absolute Gasteiger partial charge is 0.0738 e. The first-order chi connectivity index (χ1) is 5.86. The van der Waals surface area contributed by atoms with Crippen LogP contribution in [0.1, 0.15) is 18.5 Å². The number of hydrogen-bond donors (Lipinski definition) is 0. The Balaban J connectivity index is 1.98. The molecule has 1 fully saturated rings. The normalized spacial score (nSPS) is 18.8. The van der Waals surface area contributed by atoms with Gasteiger partial charge in [-0.2, -0.15) is 0 Å². The van der Waals surface area contributed by atoms with Gasteiger partial charge >= 0.3 is 0 Å². The molecule has 1 aliphatic heterocycles. The molecule has 0 aromatic carbocycles. The Hall–Kier alpha value is -0.900. The van der Waals surface area contributed by atoms with Gasteiger partial charge in [-0.1, -0.05) is 5.21 Å². The fraction of sp³-hybridized carbons (Fsp3) is 0.750. The van der Waals surface area contributed by atoms with Crippen molar-refractivity contribution < 1.29 is 0 Å². The molecule has 0 N–H and O–H groups in total. The van der Waals surface area contributed by atoms with Crippen LogP contribution in [0.5, 0.6) is 0 Å². The van der Waals surface area contributed by atoms with Crippen molar-refractivity contribution in [3.63, 3.8) is 0 Å². The first-order valence-electron chi connectivity index (χ1n) is 4.42. The number of aryl methyl sites for hydroxylation is 1. The summed E-state index contributed by atoms with van der Waals surface area (Å²) in [6.07, 6.45) is 4.52. The van der Waals surface area contributed by atoms with Crippen LogP contribution in [0.2, 0.25) is 0 Å². The van der Waals surface area contributed by atoms with Gasteiger partial charge in [0.05, 0.1) is 11.9 Å². The molecule has 4 heteroatoms. The average molecular weight is 166 g/mol. The van der Waals surface area contributed by atoms with E-state index in [0.717, 1.165) is 6.54 Å². The fourth-order valence-corrected chi connectivity index (χ4v) is 1.62. The van der Waals surface area contributed by atoms with Crippen molar-refractivity contribution in [2.75, 3.05) is 13.1 Å². The molecular weight excluding hydrogens is 152 g/mol. The van der Waals surface area contributed by atoms with Crippen LogP contribution < -0.4 is 0 Å². The molecule has 1 aliphatic rings. The summed E-state index contributed by atoms with van der Waals surface area (Å²) in [5, 5.41) is 7.75. The average Bonchev–Trinajstić information content (AvgIpc) is 2.65. The van der Waals surface area contributed by atoms with E-state index in [1.54, 1.807) is 0 Å². The van der Waals surface area contributed by atoms with Gasteiger partial charge in [0.2, 0.25) is 0 Å². The third kappa shape index (κ3) is 1.48. The molecule has 0 atom stereocenters. The van der Waals surface area contributed by atoms with Gasteiger partial charge in [0, 0.05) is 13.6 Å². The standard InChI is InChI=1S/C8H14N4/c1-11-8(6-9-10-11)7-12-4-2-3-5-12/h6H,2-5,7H2,1H3. The highest BCUT2D eigenvalue weighted by Crippen LogP contribution is 2.10. The van der Waals surface area contributed by atoms with E-state index in [2.05, 4.69) is 15.2 Å². The molecule has 0 saturated carbocycles. The Labute approximate surface area is 72.2 Å². The van der Waals surface area contributed by atoms with Crippen LogP contribution in [0.25, 0.3) is 0 Å². The molecule has 4 nitrogen and oxygen atoms in total. The van der Waals surface area contributed by atoms with Gasteiger partial charge in [-0.05, 0) is 25.9 Å². The van der Waals surface area contributed by atoms with Gasteiger partial charge in [-0.25, -0.2) is 0 Å². The van der Waals surface area contributed by atoms with E-state index in [4.69, 9.17) is 0 Å².